The lowest BCUT2D eigenvalue weighted by molar-refractivity contribution is -0.388. The second-order valence-electron chi connectivity index (χ2n) is 4.83. The molecule has 0 aromatic carbocycles. The summed E-state index contributed by atoms with van der Waals surface area (Å²) in [6.45, 7) is 5.89. The van der Waals surface area contributed by atoms with Crippen LogP contribution in [0.15, 0.2) is 18.3 Å². The molecule has 0 bridgehead atoms. The first-order chi connectivity index (χ1) is 9.17. The molecule has 104 valence electrons. The Morgan fingerprint density at radius 3 is 2.95 bits per heavy atom. The molecule has 6 heteroatoms. The van der Waals surface area contributed by atoms with E-state index in [4.69, 9.17) is 0 Å². The van der Waals surface area contributed by atoms with Crippen LogP contribution < -0.4 is 10.2 Å². The molecule has 1 N–H and O–H groups in total. The molecule has 2 rings (SSSR count). The van der Waals surface area contributed by atoms with Gasteiger partial charge in [0.2, 0.25) is 0 Å². The summed E-state index contributed by atoms with van der Waals surface area (Å²) in [7, 11) is 0. The van der Waals surface area contributed by atoms with Crippen molar-refractivity contribution in [2.75, 3.05) is 18.0 Å². The summed E-state index contributed by atoms with van der Waals surface area (Å²) in [5.74, 6) is -0.0438. The van der Waals surface area contributed by atoms with Crippen LogP contribution in [0, 0.1) is 10.1 Å². The Balaban J connectivity index is 2.33. The third-order valence-corrected chi connectivity index (χ3v) is 3.71. The molecule has 1 saturated heterocycles. The van der Waals surface area contributed by atoms with E-state index in [-0.39, 0.29) is 11.9 Å². The van der Waals surface area contributed by atoms with E-state index < -0.39 is 4.92 Å². The largest absolute Gasteiger partial charge is 0.387 e. The molecule has 0 aliphatic carbocycles. The van der Waals surface area contributed by atoms with E-state index in [0.29, 0.717) is 11.7 Å². The lowest BCUT2D eigenvalue weighted by Gasteiger charge is -2.40. The zero-order valence-electron chi connectivity index (χ0n) is 11.4. The van der Waals surface area contributed by atoms with Gasteiger partial charge < -0.3 is 20.3 Å². The van der Waals surface area contributed by atoms with Gasteiger partial charge in [-0.05, 0) is 34.9 Å². The van der Waals surface area contributed by atoms with Crippen molar-refractivity contribution in [2.45, 2.75) is 38.8 Å². The van der Waals surface area contributed by atoms with Gasteiger partial charge >= 0.3 is 5.82 Å². The second kappa shape index (κ2) is 5.97. The van der Waals surface area contributed by atoms with Crippen molar-refractivity contribution in [1.29, 1.82) is 0 Å². The first-order valence-electron chi connectivity index (χ1n) is 6.76. The van der Waals surface area contributed by atoms with Gasteiger partial charge in [-0.15, -0.1) is 0 Å². The molecule has 0 radical (unpaired) electrons. The average Bonchev–Trinajstić information content (AvgIpc) is 2.46. The zero-order chi connectivity index (χ0) is 13.8. The van der Waals surface area contributed by atoms with Crippen molar-refractivity contribution >= 4 is 11.5 Å². The van der Waals surface area contributed by atoms with Crippen LogP contribution in [0.2, 0.25) is 0 Å². The van der Waals surface area contributed by atoms with Gasteiger partial charge in [0.15, 0.2) is 0 Å². The molecule has 0 amide bonds. The number of anilines is 1. The summed E-state index contributed by atoms with van der Waals surface area (Å²) < 4.78 is 0. The van der Waals surface area contributed by atoms with Crippen molar-refractivity contribution in [3.63, 3.8) is 0 Å². The second-order valence-corrected chi connectivity index (χ2v) is 4.83. The standard InChI is InChI=1S/C13H20N4O2/c1-3-10-9-16(11(4-2)8-15-10)12-6-5-7-14-13(12)17(18)19/h5-7,10-11,15H,3-4,8-9H2,1-2H3. The Morgan fingerprint density at radius 1 is 1.53 bits per heavy atom. The zero-order valence-corrected chi connectivity index (χ0v) is 11.4. The van der Waals surface area contributed by atoms with Crippen LogP contribution >= 0.6 is 0 Å². The van der Waals surface area contributed by atoms with Gasteiger partial charge in [-0.1, -0.05) is 13.8 Å². The summed E-state index contributed by atoms with van der Waals surface area (Å²) >= 11 is 0. The summed E-state index contributed by atoms with van der Waals surface area (Å²) in [6, 6.07) is 4.22. The van der Waals surface area contributed by atoms with Crippen LogP contribution in [0.3, 0.4) is 0 Å². The molecule has 0 spiro atoms. The Kier molecular flexibility index (Phi) is 4.31. The SMILES string of the molecule is CCC1CN(c2cccnc2[N+](=O)[O-])C(CC)CN1. The first kappa shape index (κ1) is 13.7. The topological polar surface area (TPSA) is 71.3 Å². The first-order valence-corrected chi connectivity index (χ1v) is 6.76. The van der Waals surface area contributed by atoms with Crippen molar-refractivity contribution < 1.29 is 4.92 Å². The average molecular weight is 264 g/mol. The molecule has 1 aromatic rings. The quantitative estimate of drug-likeness (QED) is 0.665. The molecule has 2 unspecified atom stereocenters. The minimum atomic E-state index is -0.398. The highest BCUT2D eigenvalue weighted by molar-refractivity contribution is 5.60. The number of hydrogen-bond donors (Lipinski definition) is 1. The highest BCUT2D eigenvalue weighted by atomic mass is 16.6. The smallest absolute Gasteiger partial charge is 0.359 e. The Morgan fingerprint density at radius 2 is 2.32 bits per heavy atom. The maximum Gasteiger partial charge on any atom is 0.387 e. The predicted octanol–water partition coefficient (Wildman–Crippen LogP) is 1.96. The monoisotopic (exact) mass is 264 g/mol. The van der Waals surface area contributed by atoms with Crippen LogP contribution in [-0.4, -0.2) is 35.1 Å². The summed E-state index contributed by atoms with van der Waals surface area (Å²) in [5, 5.41) is 14.6. The van der Waals surface area contributed by atoms with E-state index in [1.165, 1.54) is 6.20 Å². The molecular weight excluding hydrogens is 244 g/mol. The Labute approximate surface area is 113 Å². The maximum atomic E-state index is 11.1. The lowest BCUT2D eigenvalue weighted by atomic mass is 10.0. The summed E-state index contributed by atoms with van der Waals surface area (Å²) in [4.78, 5) is 16.8. The minimum Gasteiger partial charge on any atom is -0.359 e. The van der Waals surface area contributed by atoms with Gasteiger partial charge in [-0.2, -0.15) is 0 Å². The van der Waals surface area contributed by atoms with Gasteiger partial charge in [0.05, 0.1) is 0 Å². The molecule has 6 nitrogen and oxygen atoms in total. The van der Waals surface area contributed by atoms with Gasteiger partial charge in [0, 0.05) is 25.2 Å². The van der Waals surface area contributed by atoms with Crippen molar-refractivity contribution in [3.8, 4) is 0 Å². The number of aromatic nitrogens is 1. The molecule has 1 aromatic heterocycles. The Bertz CT molecular complexity index is 452. The van der Waals surface area contributed by atoms with Gasteiger partial charge in [-0.25, -0.2) is 0 Å². The fourth-order valence-corrected chi connectivity index (χ4v) is 2.55. The molecule has 1 fully saturated rings. The van der Waals surface area contributed by atoms with Gasteiger partial charge in [0.25, 0.3) is 0 Å². The van der Waals surface area contributed by atoms with E-state index >= 15 is 0 Å². The number of rotatable bonds is 4. The molecule has 1 aliphatic heterocycles. The maximum absolute atomic E-state index is 11.1. The number of hydrogen-bond acceptors (Lipinski definition) is 5. The van der Waals surface area contributed by atoms with Crippen LogP contribution in [-0.2, 0) is 0 Å². The number of piperazine rings is 1. The van der Waals surface area contributed by atoms with Crippen molar-refractivity contribution in [2.24, 2.45) is 0 Å². The van der Waals surface area contributed by atoms with E-state index in [0.717, 1.165) is 25.9 Å². The lowest BCUT2D eigenvalue weighted by Crippen LogP contribution is -2.56. The van der Waals surface area contributed by atoms with Crippen LogP contribution in [0.1, 0.15) is 26.7 Å². The summed E-state index contributed by atoms with van der Waals surface area (Å²) in [5.41, 5.74) is 0.638. The molecule has 0 saturated carbocycles. The third-order valence-electron chi connectivity index (χ3n) is 3.71. The highest BCUT2D eigenvalue weighted by Gasteiger charge is 2.30. The summed E-state index contributed by atoms with van der Waals surface area (Å²) in [6.07, 6.45) is 3.44. The molecule has 2 heterocycles. The Hall–Kier alpha value is -1.69. The number of nitro groups is 1. The van der Waals surface area contributed by atoms with Crippen molar-refractivity contribution in [3.05, 3.63) is 28.4 Å². The van der Waals surface area contributed by atoms with Crippen LogP contribution in [0.25, 0.3) is 0 Å². The highest BCUT2D eigenvalue weighted by Crippen LogP contribution is 2.29. The molecule has 2 atom stereocenters. The fourth-order valence-electron chi connectivity index (χ4n) is 2.55. The molecule has 1 aliphatic rings. The fraction of sp³-hybridized carbons (Fsp3) is 0.615. The van der Waals surface area contributed by atoms with Crippen LogP contribution in [0.4, 0.5) is 11.5 Å². The van der Waals surface area contributed by atoms with E-state index in [1.54, 1.807) is 12.1 Å². The van der Waals surface area contributed by atoms with Gasteiger partial charge in [0.1, 0.15) is 11.9 Å². The van der Waals surface area contributed by atoms with Crippen molar-refractivity contribution in [1.82, 2.24) is 10.3 Å². The van der Waals surface area contributed by atoms with Gasteiger partial charge in [-0.3, -0.25) is 0 Å². The predicted molar refractivity (Wildman–Crippen MR) is 74.4 cm³/mol. The van der Waals surface area contributed by atoms with E-state index in [2.05, 4.69) is 29.0 Å². The number of nitrogens with one attached hydrogen (secondary N) is 1. The number of pyridine rings is 1. The normalized spacial score (nSPS) is 23.4. The molecule has 19 heavy (non-hydrogen) atoms. The van der Waals surface area contributed by atoms with Crippen LogP contribution in [0.5, 0.6) is 0 Å². The van der Waals surface area contributed by atoms with E-state index in [1.807, 2.05) is 0 Å². The number of nitrogens with zero attached hydrogens (tertiary/aromatic N) is 3. The molecular formula is C13H20N4O2. The van der Waals surface area contributed by atoms with E-state index in [9.17, 15) is 10.1 Å². The third kappa shape index (κ3) is 2.84. The minimum absolute atomic E-state index is 0.0438.